The topological polar surface area (TPSA) is 95.0 Å². The Bertz CT molecular complexity index is 916. The van der Waals surface area contributed by atoms with E-state index in [9.17, 15) is 14.4 Å². The Balaban J connectivity index is 2.18. The van der Waals surface area contributed by atoms with E-state index in [0.29, 0.717) is 17.9 Å². The van der Waals surface area contributed by atoms with Gasteiger partial charge in [0.25, 0.3) is 5.91 Å². The highest BCUT2D eigenvalue weighted by Crippen LogP contribution is 2.26. The van der Waals surface area contributed by atoms with Gasteiger partial charge in [-0.3, -0.25) is 9.59 Å². The summed E-state index contributed by atoms with van der Waals surface area (Å²) in [6.45, 7) is 2.46. The van der Waals surface area contributed by atoms with E-state index in [1.165, 1.54) is 31.1 Å². The molecule has 1 aromatic heterocycles. The summed E-state index contributed by atoms with van der Waals surface area (Å²) in [6, 6.07) is 9.78. The summed E-state index contributed by atoms with van der Waals surface area (Å²) in [5.41, 5.74) is 1.35. The normalized spacial score (nSPS) is 11.4. The molecule has 2 rings (SSSR count). The summed E-state index contributed by atoms with van der Waals surface area (Å²) < 4.78 is 14.7. The zero-order chi connectivity index (χ0) is 23.0. The van der Waals surface area contributed by atoms with E-state index < -0.39 is 24.5 Å². The van der Waals surface area contributed by atoms with Gasteiger partial charge in [0.05, 0.1) is 12.8 Å². The molecule has 0 saturated heterocycles. The fourth-order valence-corrected chi connectivity index (χ4v) is 3.27. The van der Waals surface area contributed by atoms with Crippen molar-refractivity contribution in [2.45, 2.75) is 26.3 Å². The van der Waals surface area contributed by atoms with E-state index in [4.69, 9.17) is 32.7 Å². The van der Waals surface area contributed by atoms with Crippen LogP contribution >= 0.6 is 23.2 Å². The molecule has 0 aliphatic carbocycles. The first-order valence-electron chi connectivity index (χ1n) is 9.26. The van der Waals surface area contributed by atoms with Gasteiger partial charge in [0.1, 0.15) is 16.1 Å². The van der Waals surface area contributed by atoms with Crippen molar-refractivity contribution in [2.24, 2.45) is 0 Å². The van der Waals surface area contributed by atoms with Crippen molar-refractivity contribution in [1.82, 2.24) is 4.98 Å². The number of anilines is 1. The second-order valence-corrected chi connectivity index (χ2v) is 7.35. The Labute approximate surface area is 190 Å². The number of hydrogen-bond donors (Lipinski definition) is 0. The zero-order valence-electron chi connectivity index (χ0n) is 17.3. The highest BCUT2D eigenvalue weighted by molar-refractivity contribution is 6.33. The number of rotatable bonds is 9. The third kappa shape index (κ3) is 7.73. The van der Waals surface area contributed by atoms with Crippen LogP contribution in [0, 0.1) is 0 Å². The highest BCUT2D eigenvalue weighted by Gasteiger charge is 2.24. The van der Waals surface area contributed by atoms with Crippen LogP contribution in [0.2, 0.25) is 10.3 Å². The Kier molecular flexibility index (Phi) is 9.08. The molecule has 1 amide bonds. The average molecular weight is 469 g/mol. The second-order valence-electron chi connectivity index (χ2n) is 6.58. The van der Waals surface area contributed by atoms with Crippen LogP contribution < -0.4 is 9.64 Å². The van der Waals surface area contributed by atoms with Crippen molar-refractivity contribution < 1.29 is 28.6 Å². The third-order valence-electron chi connectivity index (χ3n) is 4.17. The minimum absolute atomic E-state index is 0.132. The number of benzene rings is 1. The molecule has 1 unspecified atom stereocenters. The summed E-state index contributed by atoms with van der Waals surface area (Å²) in [5.74, 6) is -0.958. The number of aromatic nitrogens is 1. The van der Waals surface area contributed by atoms with Crippen LogP contribution in [-0.4, -0.2) is 49.2 Å². The summed E-state index contributed by atoms with van der Waals surface area (Å²) in [6.07, 6.45) is 0.473. The van der Waals surface area contributed by atoms with Gasteiger partial charge in [0, 0.05) is 13.0 Å². The SMILES string of the molecule is COC(=O)COc1ccc(CC(C)N(C(=O)COC(C)=O)c2cc(Cl)nc(Cl)c2)cc1. The molecular formula is C21H22Cl2N2O6. The molecule has 0 N–H and O–H groups in total. The minimum Gasteiger partial charge on any atom is -0.482 e. The van der Waals surface area contributed by atoms with Crippen molar-refractivity contribution >= 4 is 46.7 Å². The van der Waals surface area contributed by atoms with Crippen molar-refractivity contribution in [3.8, 4) is 5.75 Å². The number of methoxy groups -OCH3 is 1. The van der Waals surface area contributed by atoms with Gasteiger partial charge >= 0.3 is 11.9 Å². The van der Waals surface area contributed by atoms with Crippen LogP contribution in [-0.2, 0) is 30.3 Å². The summed E-state index contributed by atoms with van der Waals surface area (Å²) in [5, 5.41) is 0.263. The summed E-state index contributed by atoms with van der Waals surface area (Å²) >= 11 is 12.0. The monoisotopic (exact) mass is 468 g/mol. The van der Waals surface area contributed by atoms with Gasteiger partial charge in [0.15, 0.2) is 13.2 Å². The predicted molar refractivity (Wildman–Crippen MR) is 115 cm³/mol. The lowest BCUT2D eigenvalue weighted by molar-refractivity contribution is -0.145. The van der Waals surface area contributed by atoms with Gasteiger partial charge in [-0.05, 0) is 43.2 Å². The lowest BCUT2D eigenvalue weighted by Crippen LogP contribution is -2.42. The quantitative estimate of drug-likeness (QED) is 0.410. The Morgan fingerprint density at radius 2 is 1.68 bits per heavy atom. The van der Waals surface area contributed by atoms with Crippen molar-refractivity contribution in [3.63, 3.8) is 0 Å². The molecule has 0 fully saturated rings. The molecule has 0 aliphatic rings. The van der Waals surface area contributed by atoms with Gasteiger partial charge < -0.3 is 19.1 Å². The number of esters is 2. The van der Waals surface area contributed by atoms with Crippen molar-refractivity contribution in [1.29, 1.82) is 0 Å². The highest BCUT2D eigenvalue weighted by atomic mass is 35.5. The molecule has 1 atom stereocenters. The van der Waals surface area contributed by atoms with Crippen LogP contribution in [0.3, 0.4) is 0 Å². The molecule has 10 heteroatoms. The van der Waals surface area contributed by atoms with Crippen LogP contribution in [0.1, 0.15) is 19.4 Å². The van der Waals surface area contributed by atoms with E-state index in [2.05, 4.69) is 9.72 Å². The molecule has 0 aliphatic heterocycles. The van der Waals surface area contributed by atoms with Gasteiger partial charge in [-0.25, -0.2) is 9.78 Å². The van der Waals surface area contributed by atoms with Gasteiger partial charge in [-0.2, -0.15) is 0 Å². The van der Waals surface area contributed by atoms with Crippen molar-refractivity contribution in [2.75, 3.05) is 25.2 Å². The second kappa shape index (κ2) is 11.5. The first-order chi connectivity index (χ1) is 14.7. The molecule has 1 aromatic carbocycles. The number of halogens is 2. The van der Waals surface area contributed by atoms with Gasteiger partial charge in [-0.15, -0.1) is 0 Å². The molecule has 0 bridgehead atoms. The third-order valence-corrected chi connectivity index (χ3v) is 4.56. The fraction of sp³-hybridized carbons (Fsp3) is 0.333. The maximum absolute atomic E-state index is 12.8. The van der Waals surface area contributed by atoms with E-state index in [0.717, 1.165) is 5.56 Å². The summed E-state index contributed by atoms with van der Waals surface area (Å²) in [7, 11) is 1.29. The molecule has 0 radical (unpaired) electrons. The van der Waals surface area contributed by atoms with E-state index >= 15 is 0 Å². The number of hydrogen-bond acceptors (Lipinski definition) is 7. The van der Waals surface area contributed by atoms with E-state index in [-0.39, 0.29) is 23.0 Å². The molecule has 0 saturated carbocycles. The molecule has 0 spiro atoms. The van der Waals surface area contributed by atoms with Crippen LogP contribution in [0.15, 0.2) is 36.4 Å². The lowest BCUT2D eigenvalue weighted by Gasteiger charge is -2.29. The molecule has 8 nitrogen and oxygen atoms in total. The van der Waals surface area contributed by atoms with Crippen LogP contribution in [0.4, 0.5) is 5.69 Å². The molecular weight excluding hydrogens is 447 g/mol. The molecule has 1 heterocycles. The van der Waals surface area contributed by atoms with Crippen LogP contribution in [0.5, 0.6) is 5.75 Å². The van der Waals surface area contributed by atoms with Crippen LogP contribution in [0.25, 0.3) is 0 Å². The van der Waals surface area contributed by atoms with E-state index in [1.807, 2.05) is 19.1 Å². The predicted octanol–water partition coefficient (Wildman–Crippen LogP) is 3.47. The van der Waals surface area contributed by atoms with Crippen molar-refractivity contribution in [3.05, 3.63) is 52.3 Å². The lowest BCUT2D eigenvalue weighted by atomic mass is 10.0. The summed E-state index contributed by atoms with van der Waals surface area (Å²) in [4.78, 5) is 40.5. The maximum atomic E-state index is 12.8. The fourth-order valence-electron chi connectivity index (χ4n) is 2.82. The van der Waals surface area contributed by atoms with E-state index in [1.54, 1.807) is 12.1 Å². The Hall–Kier alpha value is -2.84. The number of pyridine rings is 1. The zero-order valence-corrected chi connectivity index (χ0v) is 18.8. The van der Waals surface area contributed by atoms with Gasteiger partial charge in [0.2, 0.25) is 0 Å². The maximum Gasteiger partial charge on any atom is 0.343 e. The number of nitrogens with zero attached hydrogens (tertiary/aromatic N) is 2. The Morgan fingerprint density at radius 3 is 2.23 bits per heavy atom. The first kappa shape index (κ1) is 24.4. The molecule has 2 aromatic rings. The molecule has 31 heavy (non-hydrogen) atoms. The number of ether oxygens (including phenoxy) is 3. The average Bonchev–Trinajstić information content (AvgIpc) is 2.71. The molecule has 166 valence electrons. The number of carbonyl (C=O) groups is 3. The number of carbonyl (C=O) groups excluding carboxylic acids is 3. The minimum atomic E-state index is -0.561. The first-order valence-corrected chi connectivity index (χ1v) is 10.0. The largest absolute Gasteiger partial charge is 0.482 e. The number of amides is 1. The Morgan fingerprint density at radius 1 is 1.06 bits per heavy atom. The van der Waals surface area contributed by atoms with Gasteiger partial charge in [-0.1, -0.05) is 35.3 Å². The smallest absolute Gasteiger partial charge is 0.343 e. The standard InChI is InChI=1S/C21H22Cl2N2O6/c1-13(8-15-4-6-17(7-5-15)31-12-21(28)29-3)25(20(27)11-30-14(2)26)16-9-18(22)24-19(23)10-16/h4-7,9-10,13H,8,11-12H2,1-3H3.